The molecule has 0 saturated heterocycles. The van der Waals surface area contributed by atoms with E-state index in [0.717, 1.165) is 6.07 Å². The topological polar surface area (TPSA) is 99.4 Å². The molecule has 0 aliphatic carbocycles. The van der Waals surface area contributed by atoms with Gasteiger partial charge < -0.3 is 4.74 Å². The van der Waals surface area contributed by atoms with Crippen molar-refractivity contribution in [3.8, 4) is 5.75 Å². The number of sulfone groups is 1. The predicted molar refractivity (Wildman–Crippen MR) is 79.8 cm³/mol. The summed E-state index contributed by atoms with van der Waals surface area (Å²) in [6, 6.07) is 6.67. The van der Waals surface area contributed by atoms with Crippen molar-refractivity contribution in [2.24, 2.45) is 0 Å². The van der Waals surface area contributed by atoms with Crippen LogP contribution in [-0.4, -0.2) is 25.4 Å². The zero-order valence-corrected chi connectivity index (χ0v) is 13.0. The van der Waals surface area contributed by atoms with Crippen LogP contribution in [-0.2, 0) is 15.6 Å². The van der Waals surface area contributed by atoms with Gasteiger partial charge in [0, 0.05) is 23.9 Å². The number of ether oxygens (including phenoxy) is 1. The normalized spacial score (nSPS) is 11.2. The molecular weight excluding hydrogens is 332 g/mol. The van der Waals surface area contributed by atoms with E-state index in [2.05, 4.69) is 4.98 Å². The van der Waals surface area contributed by atoms with Gasteiger partial charge >= 0.3 is 0 Å². The van der Waals surface area contributed by atoms with Gasteiger partial charge in [0.15, 0.2) is 5.03 Å². The number of rotatable bonds is 5. The second-order valence-electron chi connectivity index (χ2n) is 4.30. The fourth-order valence-electron chi connectivity index (χ4n) is 1.86. The number of halogens is 1. The van der Waals surface area contributed by atoms with E-state index in [4.69, 9.17) is 16.3 Å². The number of hydrogen-bond acceptors (Lipinski definition) is 6. The molecule has 0 atom stereocenters. The Labute approximate surface area is 131 Å². The van der Waals surface area contributed by atoms with Gasteiger partial charge in [-0.25, -0.2) is 13.4 Å². The van der Waals surface area contributed by atoms with E-state index in [0.29, 0.717) is 0 Å². The summed E-state index contributed by atoms with van der Waals surface area (Å²) >= 11 is 5.85. The first kappa shape index (κ1) is 16.2. The maximum atomic E-state index is 12.4. The van der Waals surface area contributed by atoms with Crippen molar-refractivity contribution < 1.29 is 18.1 Å². The van der Waals surface area contributed by atoms with E-state index >= 15 is 0 Å². The van der Waals surface area contributed by atoms with Crippen molar-refractivity contribution in [1.82, 2.24) is 4.98 Å². The van der Waals surface area contributed by atoms with E-state index in [-0.39, 0.29) is 27.0 Å². The summed E-state index contributed by atoms with van der Waals surface area (Å²) in [5, 5.41) is 10.5. The second kappa shape index (κ2) is 6.29. The van der Waals surface area contributed by atoms with E-state index in [1.807, 2.05) is 0 Å². The molecule has 0 radical (unpaired) electrons. The molecule has 2 rings (SSSR count). The SMILES string of the molecule is COc1ccc([N+](=O)[O-])cc1CS(=O)(=O)c1ncccc1Cl. The molecule has 22 heavy (non-hydrogen) atoms. The molecule has 0 fully saturated rings. The van der Waals surface area contributed by atoms with Gasteiger partial charge in [-0.3, -0.25) is 10.1 Å². The van der Waals surface area contributed by atoms with Crippen LogP contribution in [0.2, 0.25) is 5.02 Å². The molecule has 1 heterocycles. The van der Waals surface area contributed by atoms with Crippen LogP contribution in [0.5, 0.6) is 5.75 Å². The summed E-state index contributed by atoms with van der Waals surface area (Å²) in [5.74, 6) is -0.268. The fraction of sp³-hybridized carbons (Fsp3) is 0.154. The Bertz CT molecular complexity index is 823. The standard InChI is InChI=1S/C13H11ClN2O5S/c1-21-12-5-4-10(16(17)18)7-9(12)8-22(19,20)13-11(14)3-2-6-15-13/h2-7H,8H2,1H3. The van der Waals surface area contributed by atoms with Crippen molar-refractivity contribution in [2.45, 2.75) is 10.8 Å². The lowest BCUT2D eigenvalue weighted by Crippen LogP contribution is -2.09. The minimum absolute atomic E-state index is 0.00750. The maximum Gasteiger partial charge on any atom is 0.270 e. The molecule has 116 valence electrons. The summed E-state index contributed by atoms with van der Waals surface area (Å²) in [5.41, 5.74) is -0.0588. The van der Waals surface area contributed by atoms with Gasteiger partial charge in [0.2, 0.25) is 9.84 Å². The average molecular weight is 343 g/mol. The van der Waals surface area contributed by atoms with Crippen LogP contribution in [0.15, 0.2) is 41.6 Å². The molecule has 0 saturated carbocycles. The Morgan fingerprint density at radius 3 is 2.68 bits per heavy atom. The molecule has 9 heteroatoms. The van der Waals surface area contributed by atoms with Gasteiger partial charge in [-0.2, -0.15) is 0 Å². The van der Waals surface area contributed by atoms with Gasteiger partial charge in [-0.15, -0.1) is 0 Å². The molecule has 1 aromatic heterocycles. The highest BCUT2D eigenvalue weighted by molar-refractivity contribution is 7.90. The lowest BCUT2D eigenvalue weighted by molar-refractivity contribution is -0.384. The Morgan fingerprint density at radius 1 is 1.36 bits per heavy atom. The molecular formula is C13H11ClN2O5S. The number of nitro benzene ring substituents is 1. The third-order valence-corrected chi connectivity index (χ3v) is 4.86. The number of hydrogen-bond donors (Lipinski definition) is 0. The molecule has 0 N–H and O–H groups in total. The van der Waals surface area contributed by atoms with Gasteiger partial charge in [-0.1, -0.05) is 11.6 Å². The minimum Gasteiger partial charge on any atom is -0.496 e. The monoisotopic (exact) mass is 342 g/mol. The maximum absolute atomic E-state index is 12.4. The van der Waals surface area contributed by atoms with Gasteiger partial charge in [0.25, 0.3) is 5.69 Å². The first-order valence-corrected chi connectivity index (χ1v) is 8.03. The van der Waals surface area contributed by atoms with E-state index in [9.17, 15) is 18.5 Å². The van der Waals surface area contributed by atoms with E-state index in [1.54, 1.807) is 0 Å². The largest absolute Gasteiger partial charge is 0.496 e. The number of methoxy groups -OCH3 is 1. The van der Waals surface area contributed by atoms with Crippen LogP contribution in [0, 0.1) is 10.1 Å². The third kappa shape index (κ3) is 3.34. The van der Waals surface area contributed by atoms with Crippen molar-refractivity contribution in [3.05, 3.63) is 57.2 Å². The van der Waals surface area contributed by atoms with Crippen LogP contribution in [0.3, 0.4) is 0 Å². The highest BCUT2D eigenvalue weighted by atomic mass is 35.5. The van der Waals surface area contributed by atoms with Crippen LogP contribution in [0.4, 0.5) is 5.69 Å². The van der Waals surface area contributed by atoms with Gasteiger partial charge in [0.05, 0.1) is 22.8 Å². The number of nitro groups is 1. The quantitative estimate of drug-likeness (QED) is 0.611. The molecule has 0 amide bonds. The Balaban J connectivity index is 2.47. The molecule has 0 aliphatic rings. The molecule has 7 nitrogen and oxygen atoms in total. The summed E-state index contributed by atoms with van der Waals surface area (Å²) < 4.78 is 29.9. The average Bonchev–Trinajstić information content (AvgIpc) is 2.47. The molecule has 0 unspecified atom stereocenters. The number of non-ortho nitro benzene ring substituents is 1. The zero-order valence-electron chi connectivity index (χ0n) is 11.4. The molecule has 1 aromatic carbocycles. The van der Waals surface area contributed by atoms with Crippen LogP contribution >= 0.6 is 11.6 Å². The summed E-state index contributed by atoms with van der Waals surface area (Å²) in [6.45, 7) is 0. The van der Waals surface area contributed by atoms with Crippen LogP contribution < -0.4 is 4.74 Å². The number of benzene rings is 1. The van der Waals surface area contributed by atoms with Crippen molar-refractivity contribution >= 4 is 27.1 Å². The summed E-state index contributed by atoms with van der Waals surface area (Å²) in [4.78, 5) is 14.0. The molecule has 2 aromatic rings. The van der Waals surface area contributed by atoms with Crippen molar-refractivity contribution in [2.75, 3.05) is 7.11 Å². The first-order chi connectivity index (χ1) is 10.3. The lowest BCUT2D eigenvalue weighted by Gasteiger charge is -2.09. The Morgan fingerprint density at radius 2 is 2.09 bits per heavy atom. The lowest BCUT2D eigenvalue weighted by atomic mass is 10.2. The highest BCUT2D eigenvalue weighted by Crippen LogP contribution is 2.29. The second-order valence-corrected chi connectivity index (χ2v) is 6.61. The van der Waals surface area contributed by atoms with Crippen molar-refractivity contribution in [1.29, 1.82) is 0 Å². The minimum atomic E-state index is -3.86. The summed E-state index contributed by atoms with van der Waals surface area (Å²) in [6.07, 6.45) is 1.31. The first-order valence-electron chi connectivity index (χ1n) is 5.99. The van der Waals surface area contributed by atoms with Crippen molar-refractivity contribution in [3.63, 3.8) is 0 Å². The van der Waals surface area contributed by atoms with Crippen LogP contribution in [0.1, 0.15) is 5.56 Å². The molecule has 0 spiro atoms. The van der Waals surface area contributed by atoms with E-state index in [1.165, 1.54) is 37.6 Å². The van der Waals surface area contributed by atoms with Crippen LogP contribution in [0.25, 0.3) is 0 Å². The number of pyridine rings is 1. The number of nitrogens with zero attached hydrogens (tertiary/aromatic N) is 2. The zero-order chi connectivity index (χ0) is 16.3. The molecule has 0 bridgehead atoms. The van der Waals surface area contributed by atoms with Gasteiger partial charge in [0.1, 0.15) is 5.75 Å². The summed E-state index contributed by atoms with van der Waals surface area (Å²) in [7, 11) is -2.51. The number of aromatic nitrogens is 1. The third-order valence-electron chi connectivity index (χ3n) is 2.84. The molecule has 0 aliphatic heterocycles. The Kier molecular flexibility index (Phi) is 4.62. The fourth-order valence-corrected chi connectivity index (χ4v) is 3.70. The Hall–Kier alpha value is -2.19. The predicted octanol–water partition coefficient (Wildman–Crippen LogP) is 2.63. The highest BCUT2D eigenvalue weighted by Gasteiger charge is 2.23. The smallest absolute Gasteiger partial charge is 0.270 e. The van der Waals surface area contributed by atoms with Gasteiger partial charge in [-0.05, 0) is 18.2 Å². The van der Waals surface area contributed by atoms with E-state index < -0.39 is 20.5 Å².